The summed E-state index contributed by atoms with van der Waals surface area (Å²) in [4.78, 5) is 12.3. The number of nitrogens with zero attached hydrogens (tertiary/aromatic N) is 1. The fraction of sp³-hybridized carbons (Fsp3) is 0.167. The predicted molar refractivity (Wildman–Crippen MR) is 132 cm³/mol. The van der Waals surface area contributed by atoms with Crippen molar-refractivity contribution in [1.82, 2.24) is 5.43 Å². The molecule has 0 bridgehead atoms. The van der Waals surface area contributed by atoms with Gasteiger partial charge < -0.3 is 9.47 Å². The molecule has 0 fully saturated rings. The molecule has 5 nitrogen and oxygen atoms in total. The largest absolute Gasteiger partial charge is 0.494 e. The van der Waals surface area contributed by atoms with Crippen molar-refractivity contribution in [2.45, 2.75) is 20.0 Å². The lowest BCUT2D eigenvalue weighted by molar-refractivity contribution is 0.0955. The van der Waals surface area contributed by atoms with Crippen LogP contribution in [-0.2, 0) is 6.61 Å². The van der Waals surface area contributed by atoms with E-state index in [4.69, 9.17) is 21.1 Å². The quantitative estimate of drug-likeness (QED) is 0.200. The van der Waals surface area contributed by atoms with Crippen LogP contribution in [0.15, 0.2) is 71.8 Å². The normalized spacial score (nSPS) is 10.8. The zero-order valence-corrected chi connectivity index (χ0v) is 19.9. The molecule has 0 radical (unpaired) electrons. The molecular formula is C24H22ClIN2O3. The lowest BCUT2D eigenvalue weighted by Gasteiger charge is -2.10. The molecule has 160 valence electrons. The first kappa shape index (κ1) is 23.1. The van der Waals surface area contributed by atoms with Crippen molar-refractivity contribution in [3.63, 3.8) is 0 Å². The highest BCUT2D eigenvalue weighted by Crippen LogP contribution is 2.23. The van der Waals surface area contributed by atoms with Crippen molar-refractivity contribution in [1.29, 1.82) is 0 Å². The van der Waals surface area contributed by atoms with Gasteiger partial charge in [0.15, 0.2) is 0 Å². The average Bonchev–Trinajstić information content (AvgIpc) is 2.78. The minimum absolute atomic E-state index is 0.318. The third kappa shape index (κ3) is 7.25. The van der Waals surface area contributed by atoms with Crippen LogP contribution in [0.25, 0.3) is 0 Å². The van der Waals surface area contributed by atoms with Gasteiger partial charge in [0, 0.05) is 19.7 Å². The number of ether oxygens (including phenoxy) is 2. The second kappa shape index (κ2) is 11.7. The van der Waals surface area contributed by atoms with Gasteiger partial charge in [-0.2, -0.15) is 5.10 Å². The van der Waals surface area contributed by atoms with E-state index in [1.807, 2.05) is 31.2 Å². The van der Waals surface area contributed by atoms with Crippen molar-refractivity contribution in [3.8, 4) is 11.5 Å². The van der Waals surface area contributed by atoms with E-state index in [0.29, 0.717) is 35.1 Å². The molecule has 3 rings (SSSR count). The molecule has 0 aliphatic rings. The topological polar surface area (TPSA) is 59.9 Å². The highest BCUT2D eigenvalue weighted by atomic mass is 127. The summed E-state index contributed by atoms with van der Waals surface area (Å²) >= 11 is 8.39. The number of nitrogens with one attached hydrogen (secondary N) is 1. The third-order valence-electron chi connectivity index (χ3n) is 4.24. The minimum atomic E-state index is -0.318. The summed E-state index contributed by atoms with van der Waals surface area (Å²) in [6.45, 7) is 3.10. The SMILES string of the molecule is CCCOc1ccc(C(=O)N/N=C/c2cc(Cl)ccc2OCc2ccc(I)cc2)cc1. The number of carbonyl (C=O) groups excluding carboxylic acids is 1. The van der Waals surface area contributed by atoms with E-state index in [1.165, 1.54) is 9.78 Å². The van der Waals surface area contributed by atoms with Crippen LogP contribution in [0.3, 0.4) is 0 Å². The number of rotatable bonds is 9. The summed E-state index contributed by atoms with van der Waals surface area (Å²) in [7, 11) is 0. The second-order valence-electron chi connectivity index (χ2n) is 6.67. The number of hydrazone groups is 1. The van der Waals surface area contributed by atoms with Crippen LogP contribution < -0.4 is 14.9 Å². The number of hydrogen-bond donors (Lipinski definition) is 1. The van der Waals surface area contributed by atoms with Gasteiger partial charge in [-0.1, -0.05) is 30.7 Å². The van der Waals surface area contributed by atoms with Crippen molar-refractivity contribution in [2.24, 2.45) is 5.10 Å². The van der Waals surface area contributed by atoms with E-state index >= 15 is 0 Å². The van der Waals surface area contributed by atoms with E-state index < -0.39 is 0 Å². The molecule has 3 aromatic carbocycles. The van der Waals surface area contributed by atoms with Crippen LogP contribution in [0, 0.1) is 3.57 Å². The standard InChI is InChI=1S/C24H22ClIN2O3/c1-2-13-30-22-10-5-18(6-11-22)24(29)28-27-15-19-14-20(25)7-12-23(19)31-16-17-3-8-21(26)9-4-17/h3-12,14-15H,2,13,16H2,1H3,(H,28,29)/b27-15+. The van der Waals surface area contributed by atoms with Gasteiger partial charge in [0.25, 0.3) is 5.91 Å². The van der Waals surface area contributed by atoms with Crippen molar-refractivity contribution in [3.05, 3.63) is 92.0 Å². The van der Waals surface area contributed by atoms with Crippen LogP contribution in [0.2, 0.25) is 5.02 Å². The monoisotopic (exact) mass is 548 g/mol. The Morgan fingerprint density at radius 3 is 2.52 bits per heavy atom. The minimum Gasteiger partial charge on any atom is -0.494 e. The third-order valence-corrected chi connectivity index (χ3v) is 5.19. The van der Waals surface area contributed by atoms with Crippen LogP contribution in [0.4, 0.5) is 0 Å². The van der Waals surface area contributed by atoms with Crippen molar-refractivity contribution >= 4 is 46.3 Å². The van der Waals surface area contributed by atoms with Crippen LogP contribution in [0.5, 0.6) is 11.5 Å². The summed E-state index contributed by atoms with van der Waals surface area (Å²) in [6, 6.07) is 20.3. The first-order chi connectivity index (χ1) is 15.0. The smallest absolute Gasteiger partial charge is 0.271 e. The lowest BCUT2D eigenvalue weighted by atomic mass is 10.2. The molecule has 31 heavy (non-hydrogen) atoms. The Morgan fingerprint density at radius 2 is 1.81 bits per heavy atom. The fourth-order valence-electron chi connectivity index (χ4n) is 2.64. The molecule has 0 atom stereocenters. The van der Waals surface area contributed by atoms with Gasteiger partial charge in [0.1, 0.15) is 18.1 Å². The first-order valence-corrected chi connectivity index (χ1v) is 11.2. The molecule has 0 aromatic heterocycles. The number of carbonyl (C=O) groups is 1. The molecular weight excluding hydrogens is 527 g/mol. The van der Waals surface area contributed by atoms with Gasteiger partial charge in [-0.15, -0.1) is 0 Å². The van der Waals surface area contributed by atoms with E-state index in [0.717, 1.165) is 17.7 Å². The molecule has 0 aliphatic heterocycles. The Hall–Kier alpha value is -2.58. The molecule has 3 aromatic rings. The van der Waals surface area contributed by atoms with Gasteiger partial charge in [0.2, 0.25) is 0 Å². The molecule has 0 aliphatic carbocycles. The average molecular weight is 549 g/mol. The molecule has 1 amide bonds. The van der Waals surface area contributed by atoms with Crippen LogP contribution in [0.1, 0.15) is 34.8 Å². The van der Waals surface area contributed by atoms with E-state index in [9.17, 15) is 4.79 Å². The Balaban J connectivity index is 1.62. The Morgan fingerprint density at radius 1 is 1.06 bits per heavy atom. The fourth-order valence-corrected chi connectivity index (χ4v) is 3.18. The molecule has 0 spiro atoms. The Bertz CT molecular complexity index is 1040. The van der Waals surface area contributed by atoms with Gasteiger partial charge >= 0.3 is 0 Å². The maximum Gasteiger partial charge on any atom is 0.271 e. The number of halogens is 2. The zero-order chi connectivity index (χ0) is 22.1. The molecule has 0 heterocycles. The predicted octanol–water partition coefficient (Wildman–Crippen LogP) is 6.08. The maximum absolute atomic E-state index is 12.3. The van der Waals surface area contributed by atoms with Crippen LogP contribution >= 0.6 is 34.2 Å². The van der Waals surface area contributed by atoms with Crippen molar-refractivity contribution in [2.75, 3.05) is 6.61 Å². The van der Waals surface area contributed by atoms with Crippen molar-refractivity contribution < 1.29 is 14.3 Å². The number of benzene rings is 3. The van der Waals surface area contributed by atoms with Crippen LogP contribution in [-0.4, -0.2) is 18.7 Å². The highest BCUT2D eigenvalue weighted by Gasteiger charge is 2.06. The number of amides is 1. The van der Waals surface area contributed by atoms with E-state index in [-0.39, 0.29) is 5.91 Å². The van der Waals surface area contributed by atoms with E-state index in [1.54, 1.807) is 42.5 Å². The Labute approximate surface area is 200 Å². The van der Waals surface area contributed by atoms with Gasteiger partial charge in [-0.05, 0) is 89.2 Å². The molecule has 1 N–H and O–H groups in total. The first-order valence-electron chi connectivity index (χ1n) is 9.78. The summed E-state index contributed by atoms with van der Waals surface area (Å²) in [5.41, 5.74) is 4.74. The summed E-state index contributed by atoms with van der Waals surface area (Å²) in [5, 5.41) is 4.62. The lowest BCUT2D eigenvalue weighted by Crippen LogP contribution is -2.17. The summed E-state index contributed by atoms with van der Waals surface area (Å²) < 4.78 is 12.6. The van der Waals surface area contributed by atoms with Gasteiger partial charge in [0.05, 0.1) is 12.8 Å². The molecule has 0 unspecified atom stereocenters. The second-order valence-corrected chi connectivity index (χ2v) is 8.35. The maximum atomic E-state index is 12.3. The molecule has 0 saturated carbocycles. The zero-order valence-electron chi connectivity index (χ0n) is 17.0. The summed E-state index contributed by atoms with van der Waals surface area (Å²) in [5.74, 6) is 1.04. The highest BCUT2D eigenvalue weighted by molar-refractivity contribution is 14.1. The van der Waals surface area contributed by atoms with Gasteiger partial charge in [-0.25, -0.2) is 5.43 Å². The molecule has 7 heteroatoms. The summed E-state index contributed by atoms with van der Waals surface area (Å²) in [6.07, 6.45) is 2.45. The molecule has 0 saturated heterocycles. The van der Waals surface area contributed by atoms with Gasteiger partial charge in [-0.3, -0.25) is 4.79 Å². The Kier molecular flexibility index (Phi) is 8.73. The number of hydrogen-bond acceptors (Lipinski definition) is 4. The van der Waals surface area contributed by atoms with E-state index in [2.05, 4.69) is 33.1 Å².